The molecular formula is C9H13NO. The van der Waals surface area contributed by atoms with E-state index in [2.05, 4.69) is 17.1 Å². The fourth-order valence-corrected chi connectivity index (χ4v) is 0.914. The van der Waals surface area contributed by atoms with E-state index in [1.54, 1.807) is 12.5 Å². The Morgan fingerprint density at radius 3 is 3.18 bits per heavy atom. The third-order valence-corrected chi connectivity index (χ3v) is 1.48. The minimum atomic E-state index is 0.842. The Morgan fingerprint density at radius 2 is 2.55 bits per heavy atom. The van der Waals surface area contributed by atoms with Crippen LogP contribution in [0.2, 0.25) is 0 Å². The molecule has 2 heteroatoms. The Balaban J connectivity index is 2.14. The van der Waals surface area contributed by atoms with Gasteiger partial charge in [0, 0.05) is 6.42 Å². The standard InChI is InChI=1S/C9H13NO/c1-2-3-4-5-6-9-10-7-8-11-9/h2-3,7-8H,4-6H2,1H3. The predicted octanol–water partition coefficient (Wildman–Crippen LogP) is 2.57. The molecule has 1 aromatic rings. The van der Waals surface area contributed by atoms with E-state index in [1.807, 2.05) is 6.92 Å². The van der Waals surface area contributed by atoms with E-state index in [0.717, 1.165) is 25.2 Å². The predicted molar refractivity (Wildman–Crippen MR) is 44.3 cm³/mol. The third kappa shape index (κ3) is 3.03. The lowest BCUT2D eigenvalue weighted by atomic mass is 10.2. The highest BCUT2D eigenvalue weighted by molar-refractivity contribution is 4.82. The molecule has 0 atom stereocenters. The van der Waals surface area contributed by atoms with Gasteiger partial charge in [0.2, 0.25) is 0 Å². The van der Waals surface area contributed by atoms with Crippen LogP contribution in [0.3, 0.4) is 0 Å². The van der Waals surface area contributed by atoms with Crippen LogP contribution in [0.25, 0.3) is 0 Å². The molecule has 2 nitrogen and oxygen atoms in total. The zero-order valence-electron chi connectivity index (χ0n) is 6.79. The fraction of sp³-hybridized carbons (Fsp3) is 0.444. The molecule has 0 aliphatic heterocycles. The number of aryl methyl sites for hydroxylation is 1. The van der Waals surface area contributed by atoms with Crippen molar-refractivity contribution < 1.29 is 4.42 Å². The first-order chi connectivity index (χ1) is 5.43. The molecule has 0 radical (unpaired) electrons. The summed E-state index contributed by atoms with van der Waals surface area (Å²) in [4.78, 5) is 4.02. The summed E-state index contributed by atoms with van der Waals surface area (Å²) in [6, 6.07) is 0. The van der Waals surface area contributed by atoms with E-state index in [0.29, 0.717) is 0 Å². The number of hydrogen-bond donors (Lipinski definition) is 0. The number of unbranched alkanes of at least 4 members (excludes halogenated alkanes) is 1. The van der Waals surface area contributed by atoms with E-state index in [9.17, 15) is 0 Å². The maximum Gasteiger partial charge on any atom is 0.193 e. The first kappa shape index (κ1) is 8.05. The van der Waals surface area contributed by atoms with Gasteiger partial charge in [0.25, 0.3) is 0 Å². The first-order valence-corrected chi connectivity index (χ1v) is 3.93. The molecule has 1 aromatic heterocycles. The summed E-state index contributed by atoms with van der Waals surface area (Å²) in [7, 11) is 0. The van der Waals surface area contributed by atoms with Gasteiger partial charge in [-0.25, -0.2) is 4.98 Å². The maximum atomic E-state index is 5.08. The van der Waals surface area contributed by atoms with Gasteiger partial charge in [-0.3, -0.25) is 0 Å². The minimum absolute atomic E-state index is 0.842. The molecule has 0 saturated carbocycles. The van der Waals surface area contributed by atoms with E-state index in [-0.39, 0.29) is 0 Å². The van der Waals surface area contributed by atoms with Crippen LogP contribution in [-0.4, -0.2) is 4.98 Å². The van der Waals surface area contributed by atoms with Crippen LogP contribution in [0.5, 0.6) is 0 Å². The number of rotatable bonds is 4. The summed E-state index contributed by atoms with van der Waals surface area (Å²) >= 11 is 0. The molecule has 0 unspecified atom stereocenters. The molecule has 0 fully saturated rings. The Hall–Kier alpha value is -1.05. The monoisotopic (exact) mass is 151 g/mol. The summed E-state index contributed by atoms with van der Waals surface area (Å²) in [6.45, 7) is 2.03. The van der Waals surface area contributed by atoms with Crippen molar-refractivity contribution in [2.24, 2.45) is 0 Å². The van der Waals surface area contributed by atoms with Gasteiger partial charge < -0.3 is 4.42 Å². The van der Waals surface area contributed by atoms with Crippen LogP contribution in [0.1, 0.15) is 25.7 Å². The lowest BCUT2D eigenvalue weighted by molar-refractivity contribution is 0.488. The van der Waals surface area contributed by atoms with Crippen molar-refractivity contribution in [3.05, 3.63) is 30.5 Å². The zero-order valence-corrected chi connectivity index (χ0v) is 6.79. The van der Waals surface area contributed by atoms with Crippen molar-refractivity contribution in [2.45, 2.75) is 26.2 Å². The van der Waals surface area contributed by atoms with Crippen LogP contribution in [-0.2, 0) is 6.42 Å². The summed E-state index contributed by atoms with van der Waals surface area (Å²) < 4.78 is 5.08. The molecule has 0 bridgehead atoms. The molecule has 0 N–H and O–H groups in total. The first-order valence-electron chi connectivity index (χ1n) is 3.93. The van der Waals surface area contributed by atoms with Gasteiger partial charge in [-0.1, -0.05) is 12.2 Å². The summed E-state index contributed by atoms with van der Waals surface area (Å²) in [5.74, 6) is 0.842. The summed E-state index contributed by atoms with van der Waals surface area (Å²) in [5.41, 5.74) is 0. The normalized spacial score (nSPS) is 11.0. The van der Waals surface area contributed by atoms with E-state index >= 15 is 0 Å². The Morgan fingerprint density at radius 1 is 1.64 bits per heavy atom. The highest BCUT2D eigenvalue weighted by atomic mass is 16.3. The van der Waals surface area contributed by atoms with Gasteiger partial charge >= 0.3 is 0 Å². The number of allylic oxidation sites excluding steroid dienone is 2. The molecule has 11 heavy (non-hydrogen) atoms. The van der Waals surface area contributed by atoms with Crippen molar-refractivity contribution in [3.63, 3.8) is 0 Å². The quantitative estimate of drug-likeness (QED) is 0.488. The average molecular weight is 151 g/mol. The second-order valence-electron chi connectivity index (χ2n) is 2.39. The van der Waals surface area contributed by atoms with E-state index in [1.165, 1.54) is 0 Å². The lowest BCUT2D eigenvalue weighted by Crippen LogP contribution is -1.82. The van der Waals surface area contributed by atoms with Gasteiger partial charge in [-0.2, -0.15) is 0 Å². The Bertz CT molecular complexity index is 201. The molecule has 1 rings (SSSR count). The zero-order chi connectivity index (χ0) is 7.94. The van der Waals surface area contributed by atoms with Crippen molar-refractivity contribution >= 4 is 0 Å². The molecule has 0 aliphatic carbocycles. The van der Waals surface area contributed by atoms with Crippen LogP contribution < -0.4 is 0 Å². The van der Waals surface area contributed by atoms with Crippen molar-refractivity contribution in [2.75, 3.05) is 0 Å². The smallest absolute Gasteiger partial charge is 0.193 e. The van der Waals surface area contributed by atoms with Crippen LogP contribution in [0.15, 0.2) is 29.0 Å². The fourth-order valence-electron chi connectivity index (χ4n) is 0.914. The van der Waals surface area contributed by atoms with Crippen molar-refractivity contribution in [3.8, 4) is 0 Å². The van der Waals surface area contributed by atoms with Crippen LogP contribution in [0.4, 0.5) is 0 Å². The number of oxazole rings is 1. The molecule has 0 spiro atoms. The van der Waals surface area contributed by atoms with Gasteiger partial charge in [-0.15, -0.1) is 0 Å². The van der Waals surface area contributed by atoms with Crippen molar-refractivity contribution in [1.29, 1.82) is 0 Å². The molecule has 0 amide bonds. The second-order valence-corrected chi connectivity index (χ2v) is 2.39. The molecule has 0 aliphatic rings. The SMILES string of the molecule is CC=CCCCc1ncco1. The molecule has 0 aromatic carbocycles. The average Bonchev–Trinajstić information content (AvgIpc) is 2.50. The van der Waals surface area contributed by atoms with E-state index in [4.69, 9.17) is 4.42 Å². The highest BCUT2D eigenvalue weighted by Gasteiger charge is 1.94. The van der Waals surface area contributed by atoms with Gasteiger partial charge in [0.05, 0.1) is 6.20 Å². The summed E-state index contributed by atoms with van der Waals surface area (Å²) in [5, 5.41) is 0. The largest absolute Gasteiger partial charge is 0.449 e. The molecule has 60 valence electrons. The number of aromatic nitrogens is 1. The van der Waals surface area contributed by atoms with Gasteiger partial charge in [-0.05, 0) is 19.8 Å². The minimum Gasteiger partial charge on any atom is -0.449 e. The highest BCUT2D eigenvalue weighted by Crippen LogP contribution is 2.01. The topological polar surface area (TPSA) is 26.0 Å². The maximum absolute atomic E-state index is 5.08. The Labute approximate surface area is 66.9 Å². The molecular weight excluding hydrogens is 138 g/mol. The number of nitrogens with zero attached hydrogens (tertiary/aromatic N) is 1. The second kappa shape index (κ2) is 4.72. The van der Waals surface area contributed by atoms with Gasteiger partial charge in [0.15, 0.2) is 5.89 Å². The Kier molecular flexibility index (Phi) is 3.45. The van der Waals surface area contributed by atoms with Crippen LogP contribution in [0, 0.1) is 0 Å². The van der Waals surface area contributed by atoms with Gasteiger partial charge in [0.1, 0.15) is 6.26 Å². The molecule has 0 saturated heterocycles. The summed E-state index contributed by atoms with van der Waals surface area (Å²) in [6.07, 6.45) is 10.7. The number of hydrogen-bond acceptors (Lipinski definition) is 2. The third-order valence-electron chi connectivity index (χ3n) is 1.48. The van der Waals surface area contributed by atoms with Crippen molar-refractivity contribution in [1.82, 2.24) is 4.98 Å². The van der Waals surface area contributed by atoms with E-state index < -0.39 is 0 Å². The molecule has 1 heterocycles. The van der Waals surface area contributed by atoms with Crippen LogP contribution >= 0.6 is 0 Å². The lowest BCUT2D eigenvalue weighted by Gasteiger charge is -1.90.